The van der Waals surface area contributed by atoms with Crippen molar-refractivity contribution in [3.05, 3.63) is 39.9 Å². The first kappa shape index (κ1) is 14.6. The van der Waals surface area contributed by atoms with Crippen molar-refractivity contribution in [3.63, 3.8) is 0 Å². The number of thiazole rings is 1. The van der Waals surface area contributed by atoms with Gasteiger partial charge in [0.15, 0.2) is 5.13 Å². The highest BCUT2D eigenvalue weighted by Gasteiger charge is 2.20. The Balaban J connectivity index is 1.65. The van der Waals surface area contributed by atoms with Crippen LogP contribution in [0.5, 0.6) is 0 Å². The number of hydrogen-bond acceptors (Lipinski definition) is 5. The Morgan fingerprint density at radius 2 is 1.76 bits per heavy atom. The second-order valence-corrected chi connectivity index (χ2v) is 6.66. The van der Waals surface area contributed by atoms with Crippen LogP contribution >= 0.6 is 22.9 Å². The molecule has 0 radical (unpaired) electrons. The first-order valence-electron chi connectivity index (χ1n) is 7.09. The van der Waals surface area contributed by atoms with Gasteiger partial charge in [0.25, 0.3) is 0 Å². The third-order valence-electron chi connectivity index (χ3n) is 3.81. The molecule has 1 aromatic carbocycles. The lowest BCUT2D eigenvalue weighted by molar-refractivity contribution is 0.651. The summed E-state index contributed by atoms with van der Waals surface area (Å²) in [5.41, 5.74) is 8.04. The second kappa shape index (κ2) is 6.22. The van der Waals surface area contributed by atoms with Crippen molar-refractivity contribution >= 4 is 33.8 Å². The minimum absolute atomic E-state index is 0.578. The minimum atomic E-state index is 0.578. The largest absolute Gasteiger partial charge is 0.368 e. The maximum Gasteiger partial charge on any atom is 0.185 e. The quantitative estimate of drug-likeness (QED) is 0.943. The average Bonchev–Trinajstić information content (AvgIpc) is 2.89. The molecular formula is C15H19ClN4S. The van der Waals surface area contributed by atoms with Gasteiger partial charge in [-0.2, -0.15) is 0 Å². The standard InChI is InChI=1S/C15H19ClN4S/c1-11-14(10-17)21-15(18-11)20-8-6-19(7-9-20)13-4-2-12(16)3-5-13/h2-5H,6-10,17H2,1H3. The fourth-order valence-corrected chi connectivity index (χ4v) is 3.66. The molecule has 0 spiro atoms. The number of rotatable bonds is 3. The van der Waals surface area contributed by atoms with Crippen molar-refractivity contribution < 1.29 is 0 Å². The molecule has 4 nitrogen and oxygen atoms in total. The highest BCUT2D eigenvalue weighted by atomic mass is 35.5. The van der Waals surface area contributed by atoms with Gasteiger partial charge in [0.05, 0.1) is 5.69 Å². The molecular weight excluding hydrogens is 304 g/mol. The summed E-state index contributed by atoms with van der Waals surface area (Å²) >= 11 is 7.66. The molecule has 0 saturated carbocycles. The van der Waals surface area contributed by atoms with Crippen LogP contribution in [0.3, 0.4) is 0 Å². The van der Waals surface area contributed by atoms with Crippen molar-refractivity contribution in [2.75, 3.05) is 36.0 Å². The van der Waals surface area contributed by atoms with E-state index < -0.39 is 0 Å². The molecule has 1 fully saturated rings. The minimum Gasteiger partial charge on any atom is -0.368 e. The van der Waals surface area contributed by atoms with E-state index in [4.69, 9.17) is 17.3 Å². The third kappa shape index (κ3) is 3.15. The van der Waals surface area contributed by atoms with Crippen LogP contribution in [0.25, 0.3) is 0 Å². The lowest BCUT2D eigenvalue weighted by Gasteiger charge is -2.36. The molecule has 2 N–H and O–H groups in total. The molecule has 6 heteroatoms. The van der Waals surface area contributed by atoms with Gasteiger partial charge in [-0.05, 0) is 31.2 Å². The van der Waals surface area contributed by atoms with E-state index >= 15 is 0 Å². The highest BCUT2D eigenvalue weighted by molar-refractivity contribution is 7.15. The summed E-state index contributed by atoms with van der Waals surface area (Å²) in [6, 6.07) is 8.05. The zero-order valence-electron chi connectivity index (χ0n) is 12.1. The molecule has 112 valence electrons. The summed E-state index contributed by atoms with van der Waals surface area (Å²) in [4.78, 5) is 10.6. The predicted octanol–water partition coefficient (Wildman–Crippen LogP) is 2.89. The van der Waals surface area contributed by atoms with Crippen LogP contribution in [0.2, 0.25) is 5.02 Å². The zero-order valence-corrected chi connectivity index (χ0v) is 13.6. The molecule has 0 aliphatic carbocycles. The summed E-state index contributed by atoms with van der Waals surface area (Å²) in [7, 11) is 0. The smallest absolute Gasteiger partial charge is 0.185 e. The molecule has 2 aromatic rings. The Bertz CT molecular complexity index is 603. The van der Waals surface area contributed by atoms with Gasteiger partial charge in [0, 0.05) is 48.3 Å². The molecule has 0 atom stereocenters. The number of aromatic nitrogens is 1. The lowest BCUT2D eigenvalue weighted by Crippen LogP contribution is -2.46. The second-order valence-electron chi connectivity index (χ2n) is 5.16. The van der Waals surface area contributed by atoms with Gasteiger partial charge in [-0.15, -0.1) is 11.3 Å². The summed E-state index contributed by atoms with van der Waals surface area (Å²) in [6.07, 6.45) is 0. The number of aryl methyl sites for hydroxylation is 1. The molecule has 2 heterocycles. The monoisotopic (exact) mass is 322 g/mol. The van der Waals surface area contributed by atoms with E-state index in [1.807, 2.05) is 19.1 Å². The number of benzene rings is 1. The van der Waals surface area contributed by atoms with Crippen molar-refractivity contribution in [2.24, 2.45) is 5.73 Å². The van der Waals surface area contributed by atoms with E-state index in [9.17, 15) is 0 Å². The molecule has 0 unspecified atom stereocenters. The summed E-state index contributed by atoms with van der Waals surface area (Å²) in [5, 5.41) is 1.88. The Morgan fingerprint density at radius 1 is 1.14 bits per heavy atom. The van der Waals surface area contributed by atoms with Gasteiger partial charge < -0.3 is 15.5 Å². The van der Waals surface area contributed by atoms with Gasteiger partial charge in [0.1, 0.15) is 0 Å². The van der Waals surface area contributed by atoms with Crippen LogP contribution in [-0.4, -0.2) is 31.2 Å². The van der Waals surface area contributed by atoms with Crippen molar-refractivity contribution in [1.29, 1.82) is 0 Å². The Morgan fingerprint density at radius 3 is 2.33 bits per heavy atom. The van der Waals surface area contributed by atoms with Crippen molar-refractivity contribution in [2.45, 2.75) is 13.5 Å². The van der Waals surface area contributed by atoms with Crippen LogP contribution < -0.4 is 15.5 Å². The van der Waals surface area contributed by atoms with Crippen LogP contribution in [-0.2, 0) is 6.54 Å². The van der Waals surface area contributed by atoms with Gasteiger partial charge in [-0.3, -0.25) is 0 Å². The number of nitrogens with two attached hydrogens (primary N) is 1. The summed E-state index contributed by atoms with van der Waals surface area (Å²) < 4.78 is 0. The molecule has 1 saturated heterocycles. The number of anilines is 2. The van der Waals surface area contributed by atoms with E-state index in [-0.39, 0.29) is 0 Å². The Labute approximate surface area is 134 Å². The molecule has 3 rings (SSSR count). The molecule has 0 bridgehead atoms. The third-order valence-corrected chi connectivity index (χ3v) is 5.30. The first-order chi connectivity index (χ1) is 10.2. The lowest BCUT2D eigenvalue weighted by atomic mass is 10.2. The van der Waals surface area contributed by atoms with Crippen LogP contribution in [0.1, 0.15) is 10.6 Å². The number of hydrogen-bond donors (Lipinski definition) is 1. The van der Waals surface area contributed by atoms with E-state index in [1.54, 1.807) is 11.3 Å². The van der Waals surface area contributed by atoms with Gasteiger partial charge >= 0.3 is 0 Å². The highest BCUT2D eigenvalue weighted by Crippen LogP contribution is 2.27. The average molecular weight is 323 g/mol. The summed E-state index contributed by atoms with van der Waals surface area (Å²) in [5.74, 6) is 0. The van der Waals surface area contributed by atoms with Gasteiger partial charge in [0.2, 0.25) is 0 Å². The molecule has 1 aliphatic heterocycles. The van der Waals surface area contributed by atoms with Crippen molar-refractivity contribution in [1.82, 2.24) is 4.98 Å². The topological polar surface area (TPSA) is 45.4 Å². The fourth-order valence-electron chi connectivity index (χ4n) is 2.55. The van der Waals surface area contributed by atoms with Gasteiger partial charge in [-0.1, -0.05) is 11.6 Å². The molecule has 1 aliphatic rings. The zero-order chi connectivity index (χ0) is 14.8. The maximum atomic E-state index is 5.94. The first-order valence-corrected chi connectivity index (χ1v) is 8.28. The van der Waals surface area contributed by atoms with E-state index in [1.165, 1.54) is 10.6 Å². The molecule has 21 heavy (non-hydrogen) atoms. The summed E-state index contributed by atoms with van der Waals surface area (Å²) in [6.45, 7) is 6.58. The SMILES string of the molecule is Cc1nc(N2CCN(c3ccc(Cl)cc3)CC2)sc1CN. The van der Waals surface area contributed by atoms with Crippen LogP contribution in [0.15, 0.2) is 24.3 Å². The van der Waals surface area contributed by atoms with E-state index in [2.05, 4.69) is 26.9 Å². The molecule has 1 aromatic heterocycles. The normalized spacial score (nSPS) is 15.6. The maximum absolute atomic E-state index is 5.94. The van der Waals surface area contributed by atoms with E-state index in [0.29, 0.717) is 6.54 Å². The molecule has 0 amide bonds. The predicted molar refractivity (Wildman–Crippen MR) is 90.6 cm³/mol. The fraction of sp³-hybridized carbons (Fsp3) is 0.400. The Kier molecular flexibility index (Phi) is 4.33. The Hall–Kier alpha value is -1.30. The van der Waals surface area contributed by atoms with E-state index in [0.717, 1.165) is 42.0 Å². The number of nitrogens with zero attached hydrogens (tertiary/aromatic N) is 3. The van der Waals surface area contributed by atoms with Crippen molar-refractivity contribution in [3.8, 4) is 0 Å². The van der Waals surface area contributed by atoms with Gasteiger partial charge in [-0.25, -0.2) is 4.98 Å². The van der Waals surface area contributed by atoms with Crippen LogP contribution in [0, 0.1) is 6.92 Å². The number of piperazine rings is 1. The number of halogens is 1. The van der Waals surface area contributed by atoms with Crippen LogP contribution in [0.4, 0.5) is 10.8 Å².